The molecule has 8 heteroatoms. The summed E-state index contributed by atoms with van der Waals surface area (Å²) < 4.78 is 19.1. The molecule has 1 aromatic carbocycles. The van der Waals surface area contributed by atoms with Gasteiger partial charge in [0, 0.05) is 52.0 Å². The summed E-state index contributed by atoms with van der Waals surface area (Å²) in [6.07, 6.45) is 1.50. The number of carbonyl (C=O) groups is 2. The molecule has 0 radical (unpaired) electrons. The molecule has 154 valence electrons. The van der Waals surface area contributed by atoms with E-state index < -0.39 is 11.8 Å². The standard InChI is InChI=1S/C21H25FN4O3/c1-4-29-21(28)16-6-8-19(23-14-16)25-9-11-26(12-10-25)20(27)15-5-7-18(24(2)3)17(22)13-15/h5-8,13-14H,4,9-12H2,1-3H3. The van der Waals surface area contributed by atoms with Crippen LogP contribution in [0, 0.1) is 5.82 Å². The van der Waals surface area contributed by atoms with Crippen LogP contribution in [0.4, 0.5) is 15.9 Å². The highest BCUT2D eigenvalue weighted by Crippen LogP contribution is 2.20. The van der Waals surface area contributed by atoms with Gasteiger partial charge in [-0.25, -0.2) is 14.2 Å². The number of carbonyl (C=O) groups excluding carboxylic acids is 2. The fraction of sp³-hybridized carbons (Fsp3) is 0.381. The number of aromatic nitrogens is 1. The molecular weight excluding hydrogens is 375 g/mol. The molecule has 0 spiro atoms. The number of hydrogen-bond acceptors (Lipinski definition) is 6. The van der Waals surface area contributed by atoms with Crippen molar-refractivity contribution in [3.63, 3.8) is 0 Å². The van der Waals surface area contributed by atoms with Gasteiger partial charge in [0.25, 0.3) is 5.91 Å². The van der Waals surface area contributed by atoms with Crippen molar-refractivity contribution in [2.45, 2.75) is 6.92 Å². The first-order valence-electron chi connectivity index (χ1n) is 9.55. The normalized spacial score (nSPS) is 13.9. The average molecular weight is 400 g/mol. The number of amides is 1. The van der Waals surface area contributed by atoms with Crippen molar-refractivity contribution in [2.75, 3.05) is 56.7 Å². The molecule has 2 aromatic rings. The summed E-state index contributed by atoms with van der Waals surface area (Å²) >= 11 is 0. The van der Waals surface area contributed by atoms with E-state index in [1.807, 2.05) is 0 Å². The molecule has 0 bridgehead atoms. The minimum atomic E-state index is -0.412. The summed E-state index contributed by atoms with van der Waals surface area (Å²) in [5, 5.41) is 0. The minimum Gasteiger partial charge on any atom is -0.462 e. The van der Waals surface area contributed by atoms with E-state index in [4.69, 9.17) is 4.74 Å². The largest absolute Gasteiger partial charge is 0.462 e. The smallest absolute Gasteiger partial charge is 0.339 e. The monoisotopic (exact) mass is 400 g/mol. The molecular formula is C21H25FN4O3. The molecule has 0 unspecified atom stereocenters. The number of halogens is 1. The Labute approximate surface area is 169 Å². The summed E-state index contributed by atoms with van der Waals surface area (Å²) in [6, 6.07) is 8.03. The summed E-state index contributed by atoms with van der Waals surface area (Å²) in [5.41, 5.74) is 1.20. The van der Waals surface area contributed by atoms with Gasteiger partial charge < -0.3 is 19.4 Å². The number of anilines is 2. The van der Waals surface area contributed by atoms with Gasteiger partial charge in [0.05, 0.1) is 17.9 Å². The third kappa shape index (κ3) is 4.64. The second-order valence-electron chi connectivity index (χ2n) is 6.97. The summed E-state index contributed by atoms with van der Waals surface area (Å²) in [4.78, 5) is 34.2. The lowest BCUT2D eigenvalue weighted by molar-refractivity contribution is 0.0525. The SMILES string of the molecule is CCOC(=O)c1ccc(N2CCN(C(=O)c3ccc(N(C)C)c(F)c3)CC2)nc1. The average Bonchev–Trinajstić information content (AvgIpc) is 2.73. The van der Waals surface area contributed by atoms with Crippen LogP contribution in [-0.2, 0) is 4.74 Å². The molecule has 1 aromatic heterocycles. The van der Waals surface area contributed by atoms with Crippen LogP contribution >= 0.6 is 0 Å². The highest BCUT2D eigenvalue weighted by molar-refractivity contribution is 5.94. The van der Waals surface area contributed by atoms with E-state index in [1.54, 1.807) is 55.1 Å². The number of hydrogen-bond donors (Lipinski definition) is 0. The maximum atomic E-state index is 14.2. The Morgan fingerprint density at radius 2 is 1.79 bits per heavy atom. The van der Waals surface area contributed by atoms with Gasteiger partial charge in [0.2, 0.25) is 0 Å². The Hall–Kier alpha value is -3.16. The van der Waals surface area contributed by atoms with Crippen molar-refractivity contribution in [2.24, 2.45) is 0 Å². The first kappa shape index (κ1) is 20.6. The van der Waals surface area contributed by atoms with Crippen molar-refractivity contribution in [1.82, 2.24) is 9.88 Å². The van der Waals surface area contributed by atoms with Gasteiger partial charge in [-0.3, -0.25) is 4.79 Å². The van der Waals surface area contributed by atoms with Crippen molar-refractivity contribution in [3.8, 4) is 0 Å². The number of ether oxygens (including phenoxy) is 1. The van der Waals surface area contributed by atoms with Gasteiger partial charge in [0.15, 0.2) is 0 Å². The summed E-state index contributed by atoms with van der Waals surface area (Å²) in [5.74, 6) is -0.245. The Bertz CT molecular complexity index is 878. The van der Waals surface area contributed by atoms with Crippen LogP contribution in [0.25, 0.3) is 0 Å². The number of rotatable bonds is 5. The predicted octanol–water partition coefficient (Wildman–Crippen LogP) is 2.43. The van der Waals surface area contributed by atoms with E-state index in [0.717, 1.165) is 5.82 Å². The molecule has 2 heterocycles. The zero-order valence-corrected chi connectivity index (χ0v) is 16.9. The van der Waals surface area contributed by atoms with Crippen LogP contribution in [0.2, 0.25) is 0 Å². The molecule has 0 atom stereocenters. The van der Waals surface area contributed by atoms with Crippen LogP contribution in [-0.4, -0.2) is 68.6 Å². The summed E-state index contributed by atoms with van der Waals surface area (Å²) in [6.45, 7) is 4.31. The predicted molar refractivity (Wildman–Crippen MR) is 109 cm³/mol. The highest BCUT2D eigenvalue weighted by atomic mass is 19.1. The number of benzene rings is 1. The number of esters is 1. The second kappa shape index (κ2) is 8.89. The van der Waals surface area contributed by atoms with E-state index in [2.05, 4.69) is 9.88 Å². The van der Waals surface area contributed by atoms with E-state index in [1.165, 1.54) is 12.3 Å². The molecule has 1 saturated heterocycles. The second-order valence-corrected chi connectivity index (χ2v) is 6.97. The van der Waals surface area contributed by atoms with Crippen molar-refractivity contribution in [3.05, 3.63) is 53.5 Å². The molecule has 1 fully saturated rings. The van der Waals surface area contributed by atoms with Gasteiger partial charge in [-0.05, 0) is 37.3 Å². The van der Waals surface area contributed by atoms with Crippen LogP contribution in [0.15, 0.2) is 36.5 Å². The third-order valence-electron chi connectivity index (χ3n) is 4.83. The fourth-order valence-corrected chi connectivity index (χ4v) is 3.23. The first-order valence-corrected chi connectivity index (χ1v) is 9.55. The van der Waals surface area contributed by atoms with Crippen molar-refractivity contribution in [1.29, 1.82) is 0 Å². The van der Waals surface area contributed by atoms with E-state index in [-0.39, 0.29) is 5.91 Å². The molecule has 29 heavy (non-hydrogen) atoms. The topological polar surface area (TPSA) is 66.0 Å². The quantitative estimate of drug-likeness (QED) is 0.719. The Balaban J connectivity index is 1.61. The highest BCUT2D eigenvalue weighted by Gasteiger charge is 2.24. The Kier molecular flexibility index (Phi) is 6.31. The molecule has 0 N–H and O–H groups in total. The Morgan fingerprint density at radius 1 is 1.10 bits per heavy atom. The van der Waals surface area contributed by atoms with Crippen LogP contribution in [0.3, 0.4) is 0 Å². The zero-order valence-electron chi connectivity index (χ0n) is 16.9. The number of nitrogens with zero attached hydrogens (tertiary/aromatic N) is 4. The lowest BCUT2D eigenvalue weighted by Gasteiger charge is -2.35. The van der Waals surface area contributed by atoms with Gasteiger partial charge in [-0.15, -0.1) is 0 Å². The Morgan fingerprint density at radius 3 is 2.34 bits per heavy atom. The number of pyridine rings is 1. The zero-order chi connectivity index (χ0) is 21.0. The molecule has 3 rings (SSSR count). The van der Waals surface area contributed by atoms with Crippen LogP contribution in [0.1, 0.15) is 27.6 Å². The van der Waals surface area contributed by atoms with Crippen LogP contribution < -0.4 is 9.80 Å². The van der Waals surface area contributed by atoms with Crippen molar-refractivity contribution < 1.29 is 18.7 Å². The minimum absolute atomic E-state index is 0.181. The molecule has 7 nitrogen and oxygen atoms in total. The molecule has 0 aliphatic carbocycles. The molecule has 1 aliphatic heterocycles. The maximum absolute atomic E-state index is 14.2. The van der Waals surface area contributed by atoms with E-state index in [9.17, 15) is 14.0 Å². The first-order chi connectivity index (χ1) is 13.9. The number of piperazine rings is 1. The maximum Gasteiger partial charge on any atom is 0.339 e. The molecule has 0 saturated carbocycles. The third-order valence-corrected chi connectivity index (χ3v) is 4.83. The fourth-order valence-electron chi connectivity index (χ4n) is 3.23. The van der Waals surface area contributed by atoms with Gasteiger partial charge in [-0.2, -0.15) is 0 Å². The van der Waals surface area contributed by atoms with E-state index in [0.29, 0.717) is 49.6 Å². The lowest BCUT2D eigenvalue weighted by atomic mass is 10.1. The molecule has 1 amide bonds. The van der Waals surface area contributed by atoms with Gasteiger partial charge in [0.1, 0.15) is 11.6 Å². The van der Waals surface area contributed by atoms with Gasteiger partial charge >= 0.3 is 5.97 Å². The van der Waals surface area contributed by atoms with Crippen molar-refractivity contribution >= 4 is 23.4 Å². The van der Waals surface area contributed by atoms with E-state index >= 15 is 0 Å². The summed E-state index contributed by atoms with van der Waals surface area (Å²) in [7, 11) is 3.51. The lowest BCUT2D eigenvalue weighted by Crippen LogP contribution is -2.49. The molecule has 1 aliphatic rings. The van der Waals surface area contributed by atoms with Gasteiger partial charge in [-0.1, -0.05) is 0 Å². The van der Waals surface area contributed by atoms with Crippen LogP contribution in [0.5, 0.6) is 0 Å².